The molecule has 6 heteroatoms. The molecule has 0 saturated carbocycles. The fraction of sp³-hybridized carbons (Fsp3) is 0.400. The molecule has 0 radical (unpaired) electrons. The maximum absolute atomic E-state index is 11.5. The third kappa shape index (κ3) is 1.68. The van der Waals surface area contributed by atoms with E-state index in [1.807, 2.05) is 0 Å². The Labute approximate surface area is 94.1 Å². The largest absolute Gasteiger partial charge is 0.506 e. The van der Waals surface area contributed by atoms with Crippen LogP contribution in [0.25, 0.3) is 0 Å². The first-order chi connectivity index (χ1) is 7.45. The van der Waals surface area contributed by atoms with Gasteiger partial charge in [-0.1, -0.05) is 6.07 Å². The third-order valence-corrected chi connectivity index (χ3v) is 3.92. The van der Waals surface area contributed by atoms with E-state index < -0.39 is 10.0 Å². The summed E-state index contributed by atoms with van der Waals surface area (Å²) in [5, 5.41) is 15.0. The van der Waals surface area contributed by atoms with E-state index >= 15 is 0 Å². The van der Waals surface area contributed by atoms with Crippen molar-refractivity contribution in [2.24, 2.45) is 10.9 Å². The zero-order valence-electron chi connectivity index (χ0n) is 8.73. The fourth-order valence-electron chi connectivity index (χ4n) is 2.22. The Morgan fingerprint density at radius 2 is 2.06 bits per heavy atom. The summed E-state index contributed by atoms with van der Waals surface area (Å²) >= 11 is 0. The maximum atomic E-state index is 11.5. The molecular weight excluding hydrogens is 228 g/mol. The summed E-state index contributed by atoms with van der Waals surface area (Å²) in [5.41, 5.74) is 7.48. The van der Waals surface area contributed by atoms with Crippen molar-refractivity contribution >= 4 is 10.0 Å². The van der Waals surface area contributed by atoms with Crippen molar-refractivity contribution in [1.29, 1.82) is 0 Å². The zero-order chi connectivity index (χ0) is 11.9. The topological polar surface area (TPSA) is 106 Å². The number of aromatic hydroxyl groups is 1. The summed E-state index contributed by atoms with van der Waals surface area (Å²) in [5.74, 6) is -0.286. The molecule has 0 amide bonds. The number of rotatable bonds is 2. The van der Waals surface area contributed by atoms with E-state index in [0.29, 0.717) is 17.5 Å². The first-order valence-electron chi connectivity index (χ1n) is 5.04. The number of fused-ring (bicyclic) bond motifs is 1. The van der Waals surface area contributed by atoms with Crippen molar-refractivity contribution in [3.8, 4) is 5.75 Å². The van der Waals surface area contributed by atoms with Gasteiger partial charge in [-0.3, -0.25) is 0 Å². The number of benzene rings is 1. The first kappa shape index (κ1) is 11.4. The van der Waals surface area contributed by atoms with E-state index in [2.05, 4.69) is 0 Å². The first-order valence-corrected chi connectivity index (χ1v) is 6.59. The van der Waals surface area contributed by atoms with E-state index in [1.165, 1.54) is 0 Å². The lowest BCUT2D eigenvalue weighted by Crippen LogP contribution is -2.16. The smallest absolute Gasteiger partial charge is 0.242 e. The van der Waals surface area contributed by atoms with Crippen LogP contribution in [0.2, 0.25) is 0 Å². The molecule has 0 heterocycles. The van der Waals surface area contributed by atoms with Crippen molar-refractivity contribution < 1.29 is 13.5 Å². The van der Waals surface area contributed by atoms with Gasteiger partial charge in [0.1, 0.15) is 10.6 Å². The van der Waals surface area contributed by atoms with Crippen LogP contribution >= 0.6 is 0 Å². The Morgan fingerprint density at radius 1 is 1.38 bits per heavy atom. The van der Waals surface area contributed by atoms with Crippen LogP contribution in [0.15, 0.2) is 11.0 Å². The average Bonchev–Trinajstić information content (AvgIpc) is 2.61. The summed E-state index contributed by atoms with van der Waals surface area (Å²) in [6.07, 6.45) is 2.33. The van der Waals surface area contributed by atoms with Crippen molar-refractivity contribution in [3.05, 3.63) is 22.8 Å². The zero-order valence-corrected chi connectivity index (χ0v) is 9.55. The van der Waals surface area contributed by atoms with Crippen molar-refractivity contribution in [2.75, 3.05) is 0 Å². The molecular formula is C10H14N2O3S. The van der Waals surface area contributed by atoms with E-state index in [1.54, 1.807) is 6.07 Å². The van der Waals surface area contributed by atoms with Crippen molar-refractivity contribution in [3.63, 3.8) is 0 Å². The molecule has 1 aliphatic rings. The van der Waals surface area contributed by atoms with Gasteiger partial charge >= 0.3 is 0 Å². The highest BCUT2D eigenvalue weighted by Crippen LogP contribution is 2.36. The molecule has 5 N–H and O–H groups in total. The van der Waals surface area contributed by atoms with Crippen LogP contribution < -0.4 is 10.9 Å². The molecule has 2 rings (SSSR count). The van der Waals surface area contributed by atoms with Crippen LogP contribution in [0, 0.1) is 0 Å². The predicted octanol–water partition coefficient (Wildman–Crippen LogP) is -0.0130. The monoisotopic (exact) mass is 242 g/mol. The second kappa shape index (κ2) is 3.73. The molecule has 1 aromatic rings. The van der Waals surface area contributed by atoms with Crippen molar-refractivity contribution in [1.82, 2.24) is 0 Å². The highest BCUT2D eigenvalue weighted by Gasteiger charge is 2.26. The quantitative estimate of drug-likeness (QED) is 0.677. The lowest BCUT2D eigenvalue weighted by Gasteiger charge is -2.12. The molecule has 0 unspecified atom stereocenters. The molecule has 88 valence electrons. The van der Waals surface area contributed by atoms with Gasteiger partial charge in [0, 0.05) is 12.1 Å². The van der Waals surface area contributed by atoms with Gasteiger partial charge in [-0.15, -0.1) is 0 Å². The maximum Gasteiger partial charge on any atom is 0.242 e. The van der Waals surface area contributed by atoms with Crippen LogP contribution in [0.3, 0.4) is 0 Å². The third-order valence-electron chi connectivity index (χ3n) is 2.91. The molecule has 0 aromatic heterocycles. The number of aryl methyl sites for hydroxylation is 1. The average molecular weight is 242 g/mol. The summed E-state index contributed by atoms with van der Waals surface area (Å²) in [6.45, 7) is 0.0988. The van der Waals surface area contributed by atoms with Crippen LogP contribution in [-0.4, -0.2) is 13.5 Å². The van der Waals surface area contributed by atoms with Crippen LogP contribution in [0.5, 0.6) is 5.75 Å². The molecule has 16 heavy (non-hydrogen) atoms. The Hall–Kier alpha value is -1.11. The normalized spacial score (nSPS) is 15.1. The minimum absolute atomic E-state index is 0.0988. The minimum Gasteiger partial charge on any atom is -0.506 e. The molecule has 0 atom stereocenters. The van der Waals surface area contributed by atoms with Crippen LogP contribution in [0.1, 0.15) is 23.1 Å². The van der Waals surface area contributed by atoms with Gasteiger partial charge in [0.2, 0.25) is 10.0 Å². The minimum atomic E-state index is -3.90. The van der Waals surface area contributed by atoms with Gasteiger partial charge in [0.05, 0.1) is 0 Å². The predicted molar refractivity (Wildman–Crippen MR) is 59.4 cm³/mol. The molecule has 0 fully saturated rings. The Balaban J connectivity index is 2.80. The van der Waals surface area contributed by atoms with Gasteiger partial charge in [-0.2, -0.15) is 0 Å². The number of primary sulfonamides is 1. The van der Waals surface area contributed by atoms with Gasteiger partial charge in [0.15, 0.2) is 0 Å². The SMILES string of the molecule is NCc1cc2c(c(S(N)(=O)=O)c1O)CCC2. The summed E-state index contributed by atoms with van der Waals surface area (Å²) in [4.78, 5) is -0.136. The van der Waals surface area contributed by atoms with E-state index in [9.17, 15) is 13.5 Å². The second-order valence-electron chi connectivity index (χ2n) is 3.95. The highest BCUT2D eigenvalue weighted by atomic mass is 32.2. The number of hydrogen-bond donors (Lipinski definition) is 3. The Morgan fingerprint density at radius 3 is 2.62 bits per heavy atom. The Kier molecular flexibility index (Phi) is 2.65. The fourth-order valence-corrected chi connectivity index (χ4v) is 3.19. The van der Waals surface area contributed by atoms with Crippen LogP contribution in [-0.2, 0) is 29.4 Å². The van der Waals surface area contributed by atoms with E-state index in [0.717, 1.165) is 18.4 Å². The van der Waals surface area contributed by atoms with Gasteiger partial charge in [-0.05, 0) is 30.4 Å². The van der Waals surface area contributed by atoms with Crippen molar-refractivity contribution in [2.45, 2.75) is 30.7 Å². The molecule has 1 aliphatic carbocycles. The molecule has 0 spiro atoms. The number of nitrogens with two attached hydrogens (primary N) is 2. The standard InChI is InChI=1S/C10H14N2O3S/c11-5-7-4-6-2-1-3-8(6)10(9(7)13)16(12,14)15/h4,13H,1-3,5,11H2,(H2,12,14,15). The van der Waals surface area contributed by atoms with Gasteiger partial charge in [0.25, 0.3) is 0 Å². The summed E-state index contributed by atoms with van der Waals surface area (Å²) < 4.78 is 22.9. The molecule has 1 aromatic carbocycles. The number of phenolic OH excluding ortho intramolecular Hbond substituents is 1. The van der Waals surface area contributed by atoms with Gasteiger partial charge in [-0.25, -0.2) is 13.6 Å². The molecule has 5 nitrogen and oxygen atoms in total. The van der Waals surface area contributed by atoms with Gasteiger partial charge < -0.3 is 10.8 Å². The molecule has 0 saturated heterocycles. The van der Waals surface area contributed by atoms with E-state index in [-0.39, 0.29) is 17.2 Å². The highest BCUT2D eigenvalue weighted by molar-refractivity contribution is 7.89. The molecule has 0 aliphatic heterocycles. The number of phenols is 1. The van der Waals surface area contributed by atoms with Crippen LogP contribution in [0.4, 0.5) is 0 Å². The number of sulfonamides is 1. The lowest BCUT2D eigenvalue weighted by molar-refractivity contribution is 0.450. The summed E-state index contributed by atoms with van der Waals surface area (Å²) in [7, 11) is -3.90. The Bertz CT molecular complexity index is 537. The molecule has 0 bridgehead atoms. The van der Waals surface area contributed by atoms with E-state index in [4.69, 9.17) is 10.9 Å². The number of hydrogen-bond acceptors (Lipinski definition) is 4. The summed E-state index contributed by atoms with van der Waals surface area (Å²) in [6, 6.07) is 1.77. The lowest BCUT2D eigenvalue weighted by atomic mass is 10.1. The second-order valence-corrected chi connectivity index (χ2v) is 5.45.